The molecule has 0 bridgehead atoms. The minimum absolute atomic E-state index is 0.324. The van der Waals surface area contributed by atoms with Gasteiger partial charge in [0.15, 0.2) is 0 Å². The second-order valence-corrected chi connectivity index (χ2v) is 5.35. The molecule has 0 aromatic carbocycles. The molecule has 0 fully saturated rings. The third-order valence-electron chi connectivity index (χ3n) is 2.19. The first kappa shape index (κ1) is 22.4. The summed E-state index contributed by atoms with van der Waals surface area (Å²) in [4.78, 5) is 22.0. The standard InChI is InChI=1S/C14H22O9P/c1-3-5-13(17)20-7-11(15)9-22-24(19)23-10-12(16)8-21-14(18)6-4-2/h3-6,11-12,15-16H,7-10H2,1-2H3/q+1. The van der Waals surface area contributed by atoms with Crippen molar-refractivity contribution >= 4 is 20.2 Å². The van der Waals surface area contributed by atoms with Crippen molar-refractivity contribution in [1.29, 1.82) is 0 Å². The minimum atomic E-state index is -2.59. The summed E-state index contributed by atoms with van der Waals surface area (Å²) in [7, 11) is -2.59. The van der Waals surface area contributed by atoms with Gasteiger partial charge in [-0.3, -0.25) is 0 Å². The van der Waals surface area contributed by atoms with E-state index in [9.17, 15) is 24.4 Å². The van der Waals surface area contributed by atoms with E-state index in [-0.39, 0.29) is 26.4 Å². The SMILES string of the molecule is CC=CC(=O)OCC(O)CO[P+](=O)OCC(O)COC(=O)C=CC. The Morgan fingerprint density at radius 2 is 1.25 bits per heavy atom. The Labute approximate surface area is 140 Å². The smallest absolute Gasteiger partial charge is 0.460 e. The van der Waals surface area contributed by atoms with E-state index >= 15 is 0 Å². The van der Waals surface area contributed by atoms with Crippen LogP contribution in [0.25, 0.3) is 0 Å². The summed E-state index contributed by atoms with van der Waals surface area (Å²) in [6.45, 7) is 1.86. The molecule has 2 N–H and O–H groups in total. The lowest BCUT2D eigenvalue weighted by Gasteiger charge is -2.07. The molecule has 0 aliphatic carbocycles. The fourth-order valence-corrected chi connectivity index (χ4v) is 1.81. The average Bonchev–Trinajstić information content (AvgIpc) is 2.54. The summed E-state index contributed by atoms with van der Waals surface area (Å²) >= 11 is 0. The Morgan fingerprint density at radius 3 is 1.58 bits per heavy atom. The summed E-state index contributed by atoms with van der Waals surface area (Å²) in [5.74, 6) is -1.24. The second kappa shape index (κ2) is 13.8. The lowest BCUT2D eigenvalue weighted by atomic mass is 10.4. The molecule has 9 nitrogen and oxygen atoms in total. The van der Waals surface area contributed by atoms with Crippen LogP contribution in [0.3, 0.4) is 0 Å². The van der Waals surface area contributed by atoms with Crippen molar-refractivity contribution in [2.75, 3.05) is 26.4 Å². The fraction of sp³-hybridized carbons (Fsp3) is 0.571. The van der Waals surface area contributed by atoms with Gasteiger partial charge in [-0.25, -0.2) is 9.59 Å². The first-order valence-corrected chi connectivity index (χ1v) is 8.16. The number of allylic oxidation sites excluding steroid dienone is 2. The van der Waals surface area contributed by atoms with Gasteiger partial charge < -0.3 is 19.7 Å². The highest BCUT2D eigenvalue weighted by molar-refractivity contribution is 7.33. The van der Waals surface area contributed by atoms with Crippen molar-refractivity contribution < 1.29 is 42.9 Å². The van der Waals surface area contributed by atoms with Crippen LogP contribution in [0.4, 0.5) is 0 Å². The van der Waals surface area contributed by atoms with E-state index in [1.165, 1.54) is 24.3 Å². The predicted octanol–water partition coefficient (Wildman–Crippen LogP) is 0.637. The normalized spacial score (nSPS) is 14.6. The van der Waals surface area contributed by atoms with E-state index in [2.05, 4.69) is 9.47 Å². The molecule has 0 heterocycles. The zero-order chi connectivity index (χ0) is 18.4. The van der Waals surface area contributed by atoms with E-state index in [0.717, 1.165) is 0 Å². The number of hydrogen-bond acceptors (Lipinski definition) is 9. The van der Waals surface area contributed by atoms with Gasteiger partial charge in [0.2, 0.25) is 0 Å². The molecule has 2 atom stereocenters. The molecule has 24 heavy (non-hydrogen) atoms. The summed E-state index contributed by atoms with van der Waals surface area (Å²) in [5.41, 5.74) is 0. The van der Waals surface area contributed by atoms with E-state index in [1.807, 2.05) is 0 Å². The Balaban J connectivity index is 3.81. The van der Waals surface area contributed by atoms with Gasteiger partial charge in [-0.05, 0) is 13.8 Å². The van der Waals surface area contributed by atoms with Crippen molar-refractivity contribution in [1.82, 2.24) is 0 Å². The fourth-order valence-electron chi connectivity index (χ4n) is 1.15. The Bertz CT molecular complexity index is 421. The first-order chi connectivity index (χ1) is 11.4. The highest BCUT2D eigenvalue weighted by Crippen LogP contribution is 2.24. The van der Waals surface area contributed by atoms with Crippen molar-refractivity contribution in [3.8, 4) is 0 Å². The zero-order valence-corrected chi connectivity index (χ0v) is 14.4. The minimum Gasteiger partial charge on any atom is -0.460 e. The third kappa shape index (κ3) is 12.9. The van der Waals surface area contributed by atoms with Crippen LogP contribution >= 0.6 is 8.25 Å². The van der Waals surface area contributed by atoms with Gasteiger partial charge in [0, 0.05) is 16.7 Å². The maximum Gasteiger partial charge on any atom is 0.697 e. The molecule has 10 heteroatoms. The Morgan fingerprint density at radius 1 is 0.875 bits per heavy atom. The number of rotatable bonds is 12. The molecule has 0 aliphatic heterocycles. The van der Waals surface area contributed by atoms with Crippen LogP contribution in [0.1, 0.15) is 13.8 Å². The van der Waals surface area contributed by atoms with Crippen molar-refractivity contribution in [3.63, 3.8) is 0 Å². The molecule has 0 rings (SSSR count). The van der Waals surface area contributed by atoms with Gasteiger partial charge in [-0.2, -0.15) is 0 Å². The molecule has 0 amide bonds. The van der Waals surface area contributed by atoms with E-state index in [0.29, 0.717) is 0 Å². The summed E-state index contributed by atoms with van der Waals surface area (Å²) < 4.78 is 30.1. The van der Waals surface area contributed by atoms with Crippen LogP contribution < -0.4 is 0 Å². The summed E-state index contributed by atoms with van der Waals surface area (Å²) in [6, 6.07) is 0. The number of esters is 2. The number of aliphatic hydroxyl groups is 2. The van der Waals surface area contributed by atoms with Crippen LogP contribution in [0, 0.1) is 0 Å². The third-order valence-corrected chi connectivity index (χ3v) is 2.91. The summed E-state index contributed by atoms with van der Waals surface area (Å²) in [5, 5.41) is 18.9. The van der Waals surface area contributed by atoms with Crippen molar-refractivity contribution in [2.24, 2.45) is 0 Å². The van der Waals surface area contributed by atoms with Gasteiger partial charge in [0.25, 0.3) is 0 Å². The predicted molar refractivity (Wildman–Crippen MR) is 83.1 cm³/mol. The van der Waals surface area contributed by atoms with Crippen LogP contribution in [0.15, 0.2) is 24.3 Å². The Kier molecular flexibility index (Phi) is 12.8. The molecular weight excluding hydrogens is 343 g/mol. The molecule has 0 aliphatic rings. The van der Waals surface area contributed by atoms with Gasteiger partial charge in [0.05, 0.1) is 0 Å². The molecule has 0 radical (unpaired) electrons. The number of carbonyl (C=O) groups is 2. The molecule has 0 saturated heterocycles. The first-order valence-electron chi connectivity index (χ1n) is 7.07. The maximum atomic E-state index is 11.4. The highest BCUT2D eigenvalue weighted by atomic mass is 31.1. The Hall–Kier alpha value is -1.64. The largest absolute Gasteiger partial charge is 0.697 e. The molecule has 0 aromatic rings. The zero-order valence-electron chi connectivity index (χ0n) is 13.5. The number of aliphatic hydroxyl groups excluding tert-OH is 2. The van der Waals surface area contributed by atoms with Gasteiger partial charge in [0.1, 0.15) is 38.6 Å². The van der Waals surface area contributed by atoms with Gasteiger partial charge in [-0.1, -0.05) is 12.2 Å². The maximum absolute atomic E-state index is 11.4. The molecule has 2 unspecified atom stereocenters. The lowest BCUT2D eigenvalue weighted by Crippen LogP contribution is -2.23. The van der Waals surface area contributed by atoms with Crippen molar-refractivity contribution in [3.05, 3.63) is 24.3 Å². The van der Waals surface area contributed by atoms with Crippen LogP contribution in [0.5, 0.6) is 0 Å². The molecule has 0 aromatic heterocycles. The quantitative estimate of drug-likeness (QED) is 0.291. The average molecular weight is 365 g/mol. The van der Waals surface area contributed by atoms with Gasteiger partial charge >= 0.3 is 20.2 Å². The highest BCUT2D eigenvalue weighted by Gasteiger charge is 2.25. The number of hydrogen-bond donors (Lipinski definition) is 2. The molecular formula is C14H22O9P+. The van der Waals surface area contributed by atoms with E-state index < -0.39 is 32.4 Å². The van der Waals surface area contributed by atoms with Gasteiger partial charge in [-0.15, -0.1) is 9.05 Å². The number of ether oxygens (including phenoxy) is 2. The second-order valence-electron chi connectivity index (χ2n) is 4.38. The van der Waals surface area contributed by atoms with Crippen molar-refractivity contribution in [2.45, 2.75) is 26.1 Å². The van der Waals surface area contributed by atoms with E-state index in [1.54, 1.807) is 13.8 Å². The monoisotopic (exact) mass is 365 g/mol. The molecule has 136 valence electrons. The summed E-state index contributed by atoms with van der Waals surface area (Å²) in [6.07, 6.45) is 2.99. The molecule has 0 spiro atoms. The van der Waals surface area contributed by atoms with Crippen LogP contribution in [0.2, 0.25) is 0 Å². The molecule has 0 saturated carbocycles. The number of carbonyl (C=O) groups excluding carboxylic acids is 2. The van der Waals surface area contributed by atoms with Crippen LogP contribution in [-0.2, 0) is 32.7 Å². The van der Waals surface area contributed by atoms with Crippen LogP contribution in [-0.4, -0.2) is 60.8 Å². The van der Waals surface area contributed by atoms with E-state index in [4.69, 9.17) is 9.05 Å². The lowest BCUT2D eigenvalue weighted by molar-refractivity contribution is -0.141. The topological polar surface area (TPSA) is 129 Å².